The highest BCUT2D eigenvalue weighted by atomic mass is 32.1. The highest BCUT2D eigenvalue weighted by Crippen LogP contribution is 2.58. The molecular weight excluding hydrogens is 941 g/mol. The summed E-state index contributed by atoms with van der Waals surface area (Å²) in [6.07, 6.45) is 36.1. The average molecular weight is 1030 g/mol. The number of rotatable bonds is 33. The summed E-state index contributed by atoms with van der Waals surface area (Å²) >= 11 is 6.54. The number of thiophene rings is 2. The molecule has 3 aromatic heterocycles. The first-order valence-corrected chi connectivity index (χ1v) is 32.0. The Morgan fingerprint density at radius 3 is 1.68 bits per heavy atom. The van der Waals surface area contributed by atoms with Crippen LogP contribution in [0.5, 0.6) is 0 Å². The van der Waals surface area contributed by atoms with Gasteiger partial charge in [0.15, 0.2) is 0 Å². The third-order valence-corrected chi connectivity index (χ3v) is 19.5. The lowest BCUT2D eigenvalue weighted by Gasteiger charge is -2.33. The lowest BCUT2D eigenvalue weighted by Crippen LogP contribution is -2.25. The molecule has 1 aliphatic heterocycles. The van der Waals surface area contributed by atoms with Gasteiger partial charge >= 0.3 is 0 Å². The number of fused-ring (bicyclic) bond motifs is 5. The Morgan fingerprint density at radius 2 is 1.06 bits per heavy atom. The van der Waals surface area contributed by atoms with Crippen molar-refractivity contribution in [1.82, 2.24) is 8.75 Å². The average Bonchev–Trinajstić information content (AvgIpc) is 4.26. The largest absolute Gasteiger partial charge is 0.172 e. The lowest BCUT2D eigenvalue weighted by molar-refractivity contribution is 0.401. The Morgan fingerprint density at radius 1 is 0.507 bits per heavy atom. The highest BCUT2D eigenvalue weighted by Gasteiger charge is 2.42. The van der Waals surface area contributed by atoms with Gasteiger partial charge in [-0.05, 0) is 100 Å². The normalized spacial score (nSPS) is 14.3. The van der Waals surface area contributed by atoms with Crippen molar-refractivity contribution in [1.29, 1.82) is 0 Å². The van der Waals surface area contributed by atoms with E-state index < -0.39 is 0 Å². The van der Waals surface area contributed by atoms with Gasteiger partial charge in [-0.25, -0.2) is 0 Å². The van der Waals surface area contributed by atoms with Gasteiger partial charge in [0.05, 0.1) is 23.1 Å². The van der Waals surface area contributed by atoms with Gasteiger partial charge in [0.2, 0.25) is 0 Å². The second-order valence-electron chi connectivity index (χ2n) is 21.6. The van der Waals surface area contributed by atoms with E-state index in [1.807, 2.05) is 22.7 Å². The molecular formula is C63H86N4S4. The van der Waals surface area contributed by atoms with Crippen LogP contribution in [0.3, 0.4) is 0 Å². The van der Waals surface area contributed by atoms with Crippen LogP contribution in [0.4, 0.5) is 11.4 Å². The van der Waals surface area contributed by atoms with E-state index in [-0.39, 0.29) is 5.41 Å². The van der Waals surface area contributed by atoms with E-state index in [0.29, 0.717) is 5.92 Å². The van der Waals surface area contributed by atoms with E-state index in [1.165, 1.54) is 232 Å². The van der Waals surface area contributed by atoms with Crippen LogP contribution in [-0.2, 0) is 29.6 Å². The smallest absolute Gasteiger partial charge is 0.116 e. The molecule has 8 rings (SSSR count). The molecule has 0 N–H and O–H groups in total. The van der Waals surface area contributed by atoms with Crippen molar-refractivity contribution in [2.45, 2.75) is 227 Å². The summed E-state index contributed by atoms with van der Waals surface area (Å²) in [5.74, 6) is 1.41. The second kappa shape index (κ2) is 27.3. The molecule has 71 heavy (non-hydrogen) atoms. The minimum Gasteiger partial charge on any atom is -0.172 e. The predicted octanol–water partition coefficient (Wildman–Crippen LogP) is 22.4. The monoisotopic (exact) mass is 1030 g/mol. The Hall–Kier alpha value is -3.30. The van der Waals surface area contributed by atoms with Gasteiger partial charge in [0.1, 0.15) is 22.4 Å². The van der Waals surface area contributed by atoms with E-state index in [4.69, 9.17) is 17.5 Å². The molecule has 6 aromatic rings. The molecule has 2 atom stereocenters. The van der Waals surface area contributed by atoms with Crippen molar-refractivity contribution in [3.8, 4) is 42.4 Å². The molecule has 8 heteroatoms. The van der Waals surface area contributed by atoms with Crippen LogP contribution in [0.1, 0.15) is 231 Å². The maximum Gasteiger partial charge on any atom is 0.116 e. The SMILES string of the molecule is CCCCCCC(CCCC)Cc1csc(-c2c3c(c(-c4cc(CC(CCCC)CCCCCC)c(-c5ccc6c(c5)C(CCCCCC)(CCCCCC)c5ccccc5-6)s4)c4nsnc24)N=S=N3)c1. The Balaban J connectivity index is 1.22. The molecule has 0 saturated heterocycles. The fourth-order valence-corrected chi connectivity index (χ4v) is 15.6. The fraction of sp³-hybridized carbons (Fsp3) is 0.587. The fourth-order valence-electron chi connectivity index (χ4n) is 12.3. The Bertz CT molecular complexity index is 2660. The first-order chi connectivity index (χ1) is 35.0. The molecule has 0 bridgehead atoms. The quantitative estimate of drug-likeness (QED) is 0.0385. The molecule has 3 aromatic carbocycles. The highest BCUT2D eigenvalue weighted by molar-refractivity contribution is 7.58. The van der Waals surface area contributed by atoms with Crippen molar-refractivity contribution in [2.75, 3.05) is 0 Å². The zero-order chi connectivity index (χ0) is 49.4. The molecule has 0 amide bonds. The number of benzene rings is 3. The molecule has 382 valence electrons. The number of hydrogen-bond donors (Lipinski definition) is 0. The standard InChI is InChI=1S/C63H86N4S4/c1-7-13-19-23-31-45(29-17-11-5)39-47-41-54(68-44-47)56-58-60(66-70-64-58)57(61-59(56)65-71-67-61)55-43-49(40-46(30-18-12-6)32-24-20-14-8-2)62(69-55)48-35-36-51-50-33-25-26-34-52(50)63(53(51)42-48,37-27-21-15-9-3)38-28-22-16-10-4/h25-26,33-36,41-46H,7-24,27-32,37-40H2,1-6H3. The second-order valence-corrected chi connectivity index (χ2v) is 24.6. The molecule has 0 fully saturated rings. The van der Waals surface area contributed by atoms with Gasteiger partial charge in [-0.1, -0.05) is 232 Å². The summed E-state index contributed by atoms with van der Waals surface area (Å²) in [6.45, 7) is 14.0. The number of nitrogens with zero attached hydrogens (tertiary/aromatic N) is 4. The molecule has 1 aliphatic carbocycles. The third-order valence-electron chi connectivity index (χ3n) is 16.2. The summed E-state index contributed by atoms with van der Waals surface area (Å²) in [7, 11) is 0. The van der Waals surface area contributed by atoms with Crippen LogP contribution in [0, 0.1) is 11.8 Å². The summed E-state index contributed by atoms with van der Waals surface area (Å²) < 4.78 is 20.6. The van der Waals surface area contributed by atoms with Gasteiger partial charge in [0, 0.05) is 31.2 Å². The van der Waals surface area contributed by atoms with Crippen molar-refractivity contribution >= 4 is 68.2 Å². The maximum absolute atomic E-state index is 5.17. The summed E-state index contributed by atoms with van der Waals surface area (Å²) in [5, 5.41) is 2.42. The van der Waals surface area contributed by atoms with Crippen molar-refractivity contribution in [3.05, 3.63) is 82.2 Å². The van der Waals surface area contributed by atoms with E-state index in [1.54, 1.807) is 11.1 Å². The van der Waals surface area contributed by atoms with E-state index in [0.717, 1.165) is 52.3 Å². The van der Waals surface area contributed by atoms with E-state index in [9.17, 15) is 0 Å². The zero-order valence-electron chi connectivity index (χ0n) is 44.6. The van der Waals surface area contributed by atoms with E-state index in [2.05, 4.69) is 102 Å². The van der Waals surface area contributed by atoms with Crippen LogP contribution in [0.2, 0.25) is 0 Å². The topological polar surface area (TPSA) is 50.5 Å². The van der Waals surface area contributed by atoms with Crippen LogP contribution in [-0.4, -0.2) is 8.75 Å². The van der Waals surface area contributed by atoms with Gasteiger partial charge in [-0.2, -0.15) is 17.5 Å². The predicted molar refractivity (Wildman–Crippen MR) is 316 cm³/mol. The van der Waals surface area contributed by atoms with Gasteiger partial charge in [0.25, 0.3) is 0 Å². The van der Waals surface area contributed by atoms with Crippen molar-refractivity contribution in [3.63, 3.8) is 0 Å². The molecule has 2 aliphatic rings. The van der Waals surface area contributed by atoms with Crippen LogP contribution in [0.25, 0.3) is 53.5 Å². The maximum atomic E-state index is 5.17. The van der Waals surface area contributed by atoms with Gasteiger partial charge < -0.3 is 0 Å². The first kappa shape index (κ1) is 54.0. The van der Waals surface area contributed by atoms with Crippen LogP contribution in [0.15, 0.2) is 68.7 Å². The third kappa shape index (κ3) is 12.8. The summed E-state index contributed by atoms with van der Waals surface area (Å²) in [4.78, 5) is 3.95. The van der Waals surface area contributed by atoms with Gasteiger partial charge in [-0.3, -0.25) is 0 Å². The number of hydrogen-bond acceptors (Lipinski definition) is 7. The molecule has 2 unspecified atom stereocenters. The first-order valence-electron chi connectivity index (χ1n) is 28.8. The molecule has 4 nitrogen and oxygen atoms in total. The van der Waals surface area contributed by atoms with Crippen LogP contribution < -0.4 is 0 Å². The number of aromatic nitrogens is 2. The zero-order valence-corrected chi connectivity index (χ0v) is 47.9. The molecule has 0 radical (unpaired) electrons. The Kier molecular flexibility index (Phi) is 20.8. The molecule has 0 saturated carbocycles. The number of unbranched alkanes of at least 4 members (excludes halogenated alkanes) is 14. The van der Waals surface area contributed by atoms with Crippen LogP contribution >= 0.6 is 34.4 Å². The minimum atomic E-state index is 0.0476. The molecule has 4 heterocycles. The van der Waals surface area contributed by atoms with Crippen molar-refractivity contribution in [2.24, 2.45) is 20.6 Å². The van der Waals surface area contributed by atoms with Gasteiger partial charge in [-0.15, -0.1) is 22.7 Å². The van der Waals surface area contributed by atoms with E-state index >= 15 is 0 Å². The molecule has 0 spiro atoms. The van der Waals surface area contributed by atoms with Crippen molar-refractivity contribution < 1.29 is 0 Å². The summed E-state index contributed by atoms with van der Waals surface area (Å²) in [6, 6.07) is 22.2. The Labute approximate surface area is 445 Å². The minimum absolute atomic E-state index is 0.0476. The summed E-state index contributed by atoms with van der Waals surface area (Å²) in [5.41, 5.74) is 16.7. The lowest BCUT2D eigenvalue weighted by atomic mass is 9.70.